The fraction of sp³-hybridized carbons (Fsp3) is 0.143. The van der Waals surface area contributed by atoms with Crippen LogP contribution in [0.25, 0.3) is 0 Å². The van der Waals surface area contributed by atoms with Crippen LogP contribution in [0.5, 0.6) is 0 Å². The molecule has 0 aromatic heterocycles. The molecule has 2 aromatic carbocycles. The summed E-state index contributed by atoms with van der Waals surface area (Å²) >= 11 is 0. The van der Waals surface area contributed by atoms with Gasteiger partial charge in [0, 0.05) is 0 Å². The van der Waals surface area contributed by atoms with Gasteiger partial charge in [-0.05, 0) is 35.6 Å². The summed E-state index contributed by atoms with van der Waals surface area (Å²) in [5.41, 5.74) is 2.76. The van der Waals surface area contributed by atoms with Gasteiger partial charge >= 0.3 is 0 Å². The van der Waals surface area contributed by atoms with Crippen LogP contribution < -0.4 is 10.6 Å². The number of hydrogen-bond donors (Lipinski definition) is 0. The molecule has 2 heteroatoms. The van der Waals surface area contributed by atoms with Gasteiger partial charge in [0.2, 0.25) is 0 Å². The zero-order valence-corrected chi connectivity index (χ0v) is 11.3. The fourth-order valence-electron chi connectivity index (χ4n) is 1.51. The molecule has 0 fully saturated rings. The predicted octanol–water partition coefficient (Wildman–Crippen LogP) is 3.35. The second-order valence-corrected chi connectivity index (χ2v) is 5.19. The van der Waals surface area contributed by atoms with Crippen molar-refractivity contribution in [2.75, 3.05) is 0 Å². The van der Waals surface area contributed by atoms with Crippen molar-refractivity contribution in [3.8, 4) is 0 Å². The summed E-state index contributed by atoms with van der Waals surface area (Å²) in [6.07, 6.45) is 0. The van der Waals surface area contributed by atoms with E-state index in [0.717, 1.165) is 8.58 Å². The lowest BCUT2D eigenvalue weighted by molar-refractivity contribution is 1.35. The second kappa shape index (κ2) is 6.03. The highest BCUT2D eigenvalue weighted by Crippen LogP contribution is 2.13. The van der Waals surface area contributed by atoms with Gasteiger partial charge in [0.05, 0.1) is 0 Å². The standard InChI is InChI=1S/C14H15P.ClH/c1-11-8-9-14(10-12(11)2)15-13-6-4-3-5-7-13;/h3-10,15H,1-2H3;1H. The van der Waals surface area contributed by atoms with Crippen LogP contribution in [0.1, 0.15) is 11.1 Å². The maximum atomic E-state index is 2.29. The lowest BCUT2D eigenvalue weighted by Gasteiger charge is -2.05. The summed E-state index contributed by atoms with van der Waals surface area (Å²) in [5, 5.41) is 2.82. The van der Waals surface area contributed by atoms with Crippen molar-refractivity contribution < 1.29 is 0 Å². The third-order valence-electron chi connectivity index (χ3n) is 2.57. The Morgan fingerprint density at radius 1 is 0.750 bits per heavy atom. The zero-order chi connectivity index (χ0) is 10.7. The van der Waals surface area contributed by atoms with Gasteiger partial charge in [0.1, 0.15) is 0 Å². The van der Waals surface area contributed by atoms with Crippen LogP contribution in [0.3, 0.4) is 0 Å². The first-order valence-electron chi connectivity index (χ1n) is 5.15. The highest BCUT2D eigenvalue weighted by Gasteiger charge is 1.97. The Morgan fingerprint density at radius 3 is 2.06 bits per heavy atom. The molecule has 0 saturated carbocycles. The van der Waals surface area contributed by atoms with E-state index in [1.54, 1.807) is 0 Å². The van der Waals surface area contributed by atoms with Gasteiger partial charge in [-0.3, -0.25) is 0 Å². The number of halogens is 1. The first-order chi connectivity index (χ1) is 7.25. The van der Waals surface area contributed by atoms with Gasteiger partial charge in [-0.2, -0.15) is 0 Å². The first kappa shape index (κ1) is 13.2. The minimum Gasteiger partial charge on any atom is -0.147 e. The minimum atomic E-state index is 0. The molecule has 0 radical (unpaired) electrons. The van der Waals surface area contributed by atoms with Crippen molar-refractivity contribution in [1.82, 2.24) is 0 Å². The molecule has 0 spiro atoms. The fourth-order valence-corrected chi connectivity index (χ4v) is 2.66. The van der Waals surface area contributed by atoms with Crippen molar-refractivity contribution >= 4 is 31.6 Å². The van der Waals surface area contributed by atoms with E-state index < -0.39 is 0 Å². The van der Waals surface area contributed by atoms with Crippen molar-refractivity contribution in [3.63, 3.8) is 0 Å². The zero-order valence-electron chi connectivity index (χ0n) is 9.53. The Hall–Kier alpha value is -0.840. The van der Waals surface area contributed by atoms with Crippen LogP contribution in [0.15, 0.2) is 48.5 Å². The van der Waals surface area contributed by atoms with E-state index in [0.29, 0.717) is 0 Å². The van der Waals surface area contributed by atoms with Crippen molar-refractivity contribution in [2.45, 2.75) is 13.8 Å². The van der Waals surface area contributed by atoms with E-state index in [9.17, 15) is 0 Å². The molecular weight excluding hydrogens is 235 g/mol. The number of aryl methyl sites for hydroxylation is 2. The minimum absolute atomic E-state index is 0. The Morgan fingerprint density at radius 2 is 1.44 bits per heavy atom. The average molecular weight is 251 g/mol. The van der Waals surface area contributed by atoms with Crippen LogP contribution >= 0.6 is 21.0 Å². The van der Waals surface area contributed by atoms with E-state index in [1.807, 2.05) is 0 Å². The van der Waals surface area contributed by atoms with Crippen molar-refractivity contribution in [2.24, 2.45) is 0 Å². The number of rotatable bonds is 2. The quantitative estimate of drug-likeness (QED) is 0.717. The summed E-state index contributed by atoms with van der Waals surface area (Å²) in [6.45, 7) is 4.33. The predicted molar refractivity (Wildman–Crippen MR) is 77.2 cm³/mol. The normalized spacial score (nSPS) is 10.4. The third kappa shape index (κ3) is 3.33. The molecule has 0 aliphatic heterocycles. The van der Waals surface area contributed by atoms with Gasteiger partial charge in [0.15, 0.2) is 0 Å². The molecule has 0 aliphatic rings. The summed E-state index contributed by atoms with van der Waals surface area (Å²) in [6, 6.07) is 17.4. The number of benzene rings is 2. The highest BCUT2D eigenvalue weighted by molar-refractivity contribution is 7.55. The molecule has 16 heavy (non-hydrogen) atoms. The molecule has 2 aromatic rings. The summed E-state index contributed by atoms with van der Waals surface area (Å²) in [5.74, 6) is 0. The SMILES string of the molecule is Cc1ccc(Pc2ccccc2)cc1C.Cl. The van der Waals surface area contributed by atoms with Crippen LogP contribution in [0.4, 0.5) is 0 Å². The molecule has 0 heterocycles. The Labute approximate surface area is 105 Å². The van der Waals surface area contributed by atoms with E-state index in [1.165, 1.54) is 21.7 Å². The summed E-state index contributed by atoms with van der Waals surface area (Å²) in [7, 11) is 0.769. The second-order valence-electron chi connectivity index (χ2n) is 3.79. The Kier molecular flexibility index (Phi) is 4.99. The van der Waals surface area contributed by atoms with E-state index in [4.69, 9.17) is 0 Å². The van der Waals surface area contributed by atoms with Crippen LogP contribution in [-0.2, 0) is 0 Å². The molecule has 0 amide bonds. The van der Waals surface area contributed by atoms with Crippen molar-refractivity contribution in [3.05, 3.63) is 59.7 Å². The Balaban J connectivity index is 0.00000128. The smallest absolute Gasteiger partial charge is 0.0223 e. The van der Waals surface area contributed by atoms with Gasteiger partial charge < -0.3 is 0 Å². The molecule has 84 valence electrons. The molecule has 0 N–H and O–H groups in total. The lowest BCUT2D eigenvalue weighted by atomic mass is 10.1. The molecule has 1 unspecified atom stereocenters. The summed E-state index contributed by atoms with van der Waals surface area (Å²) < 4.78 is 0. The largest absolute Gasteiger partial charge is 0.147 e. The lowest BCUT2D eigenvalue weighted by Crippen LogP contribution is -2.03. The Bertz CT molecular complexity index is 452. The van der Waals surface area contributed by atoms with E-state index in [-0.39, 0.29) is 12.4 Å². The van der Waals surface area contributed by atoms with E-state index >= 15 is 0 Å². The van der Waals surface area contributed by atoms with E-state index in [2.05, 4.69) is 62.4 Å². The first-order valence-corrected chi connectivity index (χ1v) is 6.15. The maximum absolute atomic E-state index is 2.29. The molecule has 2 rings (SSSR count). The summed E-state index contributed by atoms with van der Waals surface area (Å²) in [4.78, 5) is 0. The molecule has 0 bridgehead atoms. The molecule has 0 nitrogen and oxygen atoms in total. The third-order valence-corrected chi connectivity index (χ3v) is 3.79. The molecule has 0 saturated heterocycles. The van der Waals surface area contributed by atoms with Gasteiger partial charge in [-0.15, -0.1) is 12.4 Å². The average Bonchev–Trinajstić information content (AvgIpc) is 2.25. The monoisotopic (exact) mass is 250 g/mol. The molecular formula is C14H16ClP. The van der Waals surface area contributed by atoms with Crippen LogP contribution in [0, 0.1) is 13.8 Å². The number of hydrogen-bond acceptors (Lipinski definition) is 0. The topological polar surface area (TPSA) is 0 Å². The van der Waals surface area contributed by atoms with Gasteiger partial charge in [-0.1, -0.05) is 57.1 Å². The van der Waals surface area contributed by atoms with Crippen molar-refractivity contribution in [1.29, 1.82) is 0 Å². The molecule has 1 atom stereocenters. The molecule has 0 aliphatic carbocycles. The van der Waals surface area contributed by atoms with Crippen LogP contribution in [-0.4, -0.2) is 0 Å². The highest BCUT2D eigenvalue weighted by atomic mass is 35.5. The van der Waals surface area contributed by atoms with Crippen LogP contribution in [0.2, 0.25) is 0 Å². The van der Waals surface area contributed by atoms with Gasteiger partial charge in [-0.25, -0.2) is 0 Å². The van der Waals surface area contributed by atoms with Gasteiger partial charge in [0.25, 0.3) is 0 Å². The maximum Gasteiger partial charge on any atom is -0.0223 e.